The highest BCUT2D eigenvalue weighted by Crippen LogP contribution is 2.26. The van der Waals surface area contributed by atoms with Gasteiger partial charge in [0, 0.05) is 5.56 Å². The zero-order valence-corrected chi connectivity index (χ0v) is 14.4. The maximum absolute atomic E-state index is 4.86. The molecule has 0 aliphatic heterocycles. The Morgan fingerprint density at radius 3 is 1.73 bits per heavy atom. The van der Waals surface area contributed by atoms with E-state index in [2.05, 4.69) is 72.8 Å². The Kier molecular flexibility index (Phi) is 4.70. The van der Waals surface area contributed by atoms with E-state index in [1.54, 1.807) is 0 Å². The summed E-state index contributed by atoms with van der Waals surface area (Å²) in [6.45, 7) is 0. The molecule has 0 bridgehead atoms. The number of pyridine rings is 1. The van der Waals surface area contributed by atoms with E-state index in [9.17, 15) is 0 Å². The summed E-state index contributed by atoms with van der Waals surface area (Å²) >= 11 is 0. The van der Waals surface area contributed by atoms with Gasteiger partial charge in [0.15, 0.2) is 0 Å². The summed E-state index contributed by atoms with van der Waals surface area (Å²) in [6.07, 6.45) is 4.18. The van der Waals surface area contributed by atoms with E-state index >= 15 is 0 Å². The van der Waals surface area contributed by atoms with Gasteiger partial charge in [0.2, 0.25) is 0 Å². The van der Waals surface area contributed by atoms with E-state index in [-0.39, 0.29) is 0 Å². The second-order valence-electron chi connectivity index (χ2n) is 6.14. The third-order valence-electron chi connectivity index (χ3n) is 4.27. The zero-order valence-electron chi connectivity index (χ0n) is 14.4. The topological polar surface area (TPSA) is 12.9 Å². The standard InChI is InChI=1S/C25H19N/c1-4-10-20(11-5-1)16-17-24-18-23(21-12-6-2-7-13-21)19-25(26-24)22-14-8-3-9-15-22/h1-19H. The summed E-state index contributed by atoms with van der Waals surface area (Å²) in [6, 6.07) is 35.4. The highest BCUT2D eigenvalue weighted by Gasteiger charge is 2.05. The van der Waals surface area contributed by atoms with E-state index in [0.717, 1.165) is 17.0 Å². The van der Waals surface area contributed by atoms with Crippen LogP contribution in [0, 0.1) is 0 Å². The van der Waals surface area contributed by atoms with Gasteiger partial charge in [-0.15, -0.1) is 0 Å². The van der Waals surface area contributed by atoms with Gasteiger partial charge in [-0.1, -0.05) is 97.1 Å². The van der Waals surface area contributed by atoms with Crippen LogP contribution >= 0.6 is 0 Å². The van der Waals surface area contributed by atoms with Crippen LogP contribution in [0.2, 0.25) is 0 Å². The predicted octanol–water partition coefficient (Wildman–Crippen LogP) is 6.59. The van der Waals surface area contributed by atoms with E-state index in [4.69, 9.17) is 4.98 Å². The van der Waals surface area contributed by atoms with Crippen LogP contribution in [-0.4, -0.2) is 4.98 Å². The van der Waals surface area contributed by atoms with Gasteiger partial charge in [0.05, 0.1) is 11.4 Å². The summed E-state index contributed by atoms with van der Waals surface area (Å²) in [5.41, 5.74) is 6.60. The Bertz CT molecular complexity index is 946. The van der Waals surface area contributed by atoms with E-state index < -0.39 is 0 Å². The lowest BCUT2D eigenvalue weighted by Gasteiger charge is -2.08. The highest BCUT2D eigenvalue weighted by molar-refractivity contribution is 5.76. The van der Waals surface area contributed by atoms with Crippen LogP contribution in [0.25, 0.3) is 34.5 Å². The summed E-state index contributed by atoms with van der Waals surface area (Å²) < 4.78 is 0. The minimum atomic E-state index is 0.953. The van der Waals surface area contributed by atoms with Crippen molar-refractivity contribution in [3.63, 3.8) is 0 Å². The van der Waals surface area contributed by atoms with Gasteiger partial charge >= 0.3 is 0 Å². The number of rotatable bonds is 4. The summed E-state index contributed by atoms with van der Waals surface area (Å²) in [4.78, 5) is 4.86. The average molecular weight is 333 g/mol. The summed E-state index contributed by atoms with van der Waals surface area (Å²) in [5.74, 6) is 0. The molecule has 4 rings (SSSR count). The quantitative estimate of drug-likeness (QED) is 0.411. The van der Waals surface area contributed by atoms with Gasteiger partial charge in [0.1, 0.15) is 0 Å². The van der Waals surface area contributed by atoms with Gasteiger partial charge in [-0.25, -0.2) is 4.98 Å². The van der Waals surface area contributed by atoms with E-state index in [1.807, 2.05) is 42.5 Å². The number of hydrogen-bond acceptors (Lipinski definition) is 1. The molecule has 1 nitrogen and oxygen atoms in total. The Hall–Kier alpha value is -3.45. The molecule has 26 heavy (non-hydrogen) atoms. The molecular formula is C25H19N. The zero-order chi connectivity index (χ0) is 17.6. The lowest BCUT2D eigenvalue weighted by atomic mass is 10.0. The van der Waals surface area contributed by atoms with Crippen LogP contribution in [0.15, 0.2) is 103 Å². The molecule has 0 N–H and O–H groups in total. The normalized spacial score (nSPS) is 10.9. The third-order valence-corrected chi connectivity index (χ3v) is 4.27. The maximum Gasteiger partial charge on any atom is 0.0715 e. The van der Waals surface area contributed by atoms with Gasteiger partial charge in [-0.3, -0.25) is 0 Å². The Morgan fingerprint density at radius 1 is 0.500 bits per heavy atom. The van der Waals surface area contributed by atoms with Crippen LogP contribution in [0.3, 0.4) is 0 Å². The molecule has 1 heterocycles. The maximum atomic E-state index is 4.86. The molecule has 4 aromatic rings. The van der Waals surface area contributed by atoms with Crippen molar-refractivity contribution in [1.29, 1.82) is 0 Å². The van der Waals surface area contributed by atoms with Gasteiger partial charge in [-0.05, 0) is 34.9 Å². The fourth-order valence-electron chi connectivity index (χ4n) is 2.94. The smallest absolute Gasteiger partial charge is 0.0715 e. The average Bonchev–Trinajstić information content (AvgIpc) is 2.74. The molecular weight excluding hydrogens is 314 g/mol. The molecule has 0 saturated heterocycles. The molecule has 0 spiro atoms. The van der Waals surface area contributed by atoms with Crippen LogP contribution < -0.4 is 0 Å². The van der Waals surface area contributed by atoms with Crippen molar-refractivity contribution in [1.82, 2.24) is 4.98 Å². The number of hydrogen-bond donors (Lipinski definition) is 0. The molecule has 1 aromatic heterocycles. The minimum absolute atomic E-state index is 0.953. The Balaban J connectivity index is 1.79. The largest absolute Gasteiger partial charge is 0.248 e. The molecule has 0 amide bonds. The monoisotopic (exact) mass is 333 g/mol. The molecule has 0 unspecified atom stereocenters. The Labute approximate surface area is 154 Å². The van der Waals surface area contributed by atoms with Gasteiger partial charge in [-0.2, -0.15) is 0 Å². The van der Waals surface area contributed by atoms with Crippen molar-refractivity contribution < 1.29 is 0 Å². The number of aromatic nitrogens is 1. The molecule has 1 heteroatoms. The lowest BCUT2D eigenvalue weighted by molar-refractivity contribution is 1.30. The first kappa shape index (κ1) is 16.0. The highest BCUT2D eigenvalue weighted by atomic mass is 14.7. The van der Waals surface area contributed by atoms with Crippen molar-refractivity contribution in [2.24, 2.45) is 0 Å². The van der Waals surface area contributed by atoms with E-state index in [0.29, 0.717) is 0 Å². The molecule has 0 atom stereocenters. The predicted molar refractivity (Wildman–Crippen MR) is 110 cm³/mol. The lowest BCUT2D eigenvalue weighted by Crippen LogP contribution is -1.90. The first-order chi connectivity index (χ1) is 12.9. The molecule has 3 aromatic carbocycles. The van der Waals surface area contributed by atoms with Crippen molar-refractivity contribution in [3.05, 3.63) is 114 Å². The van der Waals surface area contributed by atoms with Crippen LogP contribution in [0.1, 0.15) is 11.3 Å². The fraction of sp³-hybridized carbons (Fsp3) is 0. The summed E-state index contributed by atoms with van der Waals surface area (Å²) in [7, 11) is 0. The minimum Gasteiger partial charge on any atom is -0.248 e. The molecule has 0 radical (unpaired) electrons. The van der Waals surface area contributed by atoms with Crippen molar-refractivity contribution in [2.45, 2.75) is 0 Å². The molecule has 0 saturated carbocycles. The van der Waals surface area contributed by atoms with Gasteiger partial charge < -0.3 is 0 Å². The fourth-order valence-corrected chi connectivity index (χ4v) is 2.94. The second-order valence-corrected chi connectivity index (χ2v) is 6.14. The first-order valence-electron chi connectivity index (χ1n) is 8.74. The summed E-state index contributed by atoms with van der Waals surface area (Å²) in [5, 5.41) is 0. The molecule has 124 valence electrons. The van der Waals surface area contributed by atoms with Crippen LogP contribution in [-0.2, 0) is 0 Å². The van der Waals surface area contributed by atoms with E-state index in [1.165, 1.54) is 16.7 Å². The Morgan fingerprint density at radius 2 is 1.08 bits per heavy atom. The second kappa shape index (κ2) is 7.62. The number of benzene rings is 3. The molecule has 0 aliphatic rings. The molecule has 0 aliphatic carbocycles. The molecule has 0 fully saturated rings. The first-order valence-corrected chi connectivity index (χ1v) is 8.74. The van der Waals surface area contributed by atoms with Crippen LogP contribution in [0.4, 0.5) is 0 Å². The number of nitrogens with zero attached hydrogens (tertiary/aromatic N) is 1. The van der Waals surface area contributed by atoms with Gasteiger partial charge in [0.25, 0.3) is 0 Å². The SMILES string of the molecule is C(=Cc1cc(-c2ccccc2)cc(-c2ccccc2)n1)c1ccccc1. The van der Waals surface area contributed by atoms with Crippen molar-refractivity contribution in [2.75, 3.05) is 0 Å². The van der Waals surface area contributed by atoms with Crippen molar-refractivity contribution >= 4 is 12.2 Å². The van der Waals surface area contributed by atoms with Crippen LogP contribution in [0.5, 0.6) is 0 Å². The third kappa shape index (κ3) is 3.79. The van der Waals surface area contributed by atoms with Crippen molar-refractivity contribution in [3.8, 4) is 22.4 Å².